The van der Waals surface area contributed by atoms with Crippen LogP contribution in [-0.4, -0.2) is 11.9 Å². The van der Waals surface area contributed by atoms with Crippen molar-refractivity contribution < 1.29 is 9.18 Å². The molecule has 0 spiro atoms. The average Bonchev–Trinajstić information content (AvgIpc) is 2.70. The molecule has 1 aromatic rings. The van der Waals surface area contributed by atoms with Crippen molar-refractivity contribution >= 4 is 5.91 Å². The Balaban J connectivity index is 2.26. The maximum Gasteiger partial charge on any atom is 0.242 e. The zero-order chi connectivity index (χ0) is 15.5. The fraction of sp³-hybridized carbons (Fsp3) is 0.588. The molecule has 0 bridgehead atoms. The normalized spacial score (nSPS) is 19.8. The van der Waals surface area contributed by atoms with Gasteiger partial charge in [-0.25, -0.2) is 4.39 Å². The number of primary amides is 1. The molecule has 1 aliphatic rings. The highest BCUT2D eigenvalue weighted by molar-refractivity contribution is 5.85. The van der Waals surface area contributed by atoms with Gasteiger partial charge in [-0.2, -0.15) is 0 Å². The van der Waals surface area contributed by atoms with E-state index in [-0.39, 0.29) is 11.9 Å². The second-order valence-corrected chi connectivity index (χ2v) is 6.29. The standard InChI is InChI=1S/C17H25FN2O/c1-12-9-10-13(11-15(12)18)17(2,16(19)21)20-14-7-5-3-4-6-8-14/h9-11,14,20H,3-8H2,1-2H3,(H2,19,21). The molecule has 0 heterocycles. The predicted molar refractivity (Wildman–Crippen MR) is 82.3 cm³/mol. The minimum Gasteiger partial charge on any atom is -0.368 e. The summed E-state index contributed by atoms with van der Waals surface area (Å²) in [7, 11) is 0. The quantitative estimate of drug-likeness (QED) is 0.838. The number of carbonyl (C=O) groups is 1. The first kappa shape index (κ1) is 16.0. The molecule has 3 nitrogen and oxygen atoms in total. The molecule has 1 aromatic carbocycles. The molecule has 21 heavy (non-hydrogen) atoms. The second kappa shape index (κ2) is 6.56. The summed E-state index contributed by atoms with van der Waals surface area (Å²) in [6, 6.07) is 5.16. The van der Waals surface area contributed by atoms with E-state index in [2.05, 4.69) is 5.32 Å². The molecule has 2 rings (SSSR count). The number of aryl methyl sites for hydroxylation is 1. The molecule has 116 valence electrons. The first-order chi connectivity index (χ1) is 9.93. The van der Waals surface area contributed by atoms with Gasteiger partial charge in [0.15, 0.2) is 0 Å². The highest BCUT2D eigenvalue weighted by Gasteiger charge is 2.35. The highest BCUT2D eigenvalue weighted by atomic mass is 19.1. The zero-order valence-electron chi connectivity index (χ0n) is 12.9. The maximum atomic E-state index is 13.8. The van der Waals surface area contributed by atoms with Crippen LogP contribution in [0.3, 0.4) is 0 Å². The number of nitrogens with two attached hydrogens (primary N) is 1. The van der Waals surface area contributed by atoms with Gasteiger partial charge in [0, 0.05) is 6.04 Å². The fourth-order valence-electron chi connectivity index (χ4n) is 3.03. The number of halogens is 1. The van der Waals surface area contributed by atoms with Crippen LogP contribution in [0.1, 0.15) is 56.6 Å². The van der Waals surface area contributed by atoms with Crippen molar-refractivity contribution in [2.75, 3.05) is 0 Å². The lowest BCUT2D eigenvalue weighted by molar-refractivity contribution is -0.124. The molecular formula is C17H25FN2O. The SMILES string of the molecule is Cc1ccc(C(C)(NC2CCCCCC2)C(N)=O)cc1F. The molecular weight excluding hydrogens is 267 g/mol. The Morgan fingerprint density at radius 3 is 2.43 bits per heavy atom. The summed E-state index contributed by atoms with van der Waals surface area (Å²) >= 11 is 0. The number of nitrogens with one attached hydrogen (secondary N) is 1. The van der Waals surface area contributed by atoms with Crippen molar-refractivity contribution in [1.82, 2.24) is 5.32 Å². The monoisotopic (exact) mass is 292 g/mol. The first-order valence-electron chi connectivity index (χ1n) is 7.77. The van der Waals surface area contributed by atoms with E-state index in [9.17, 15) is 9.18 Å². The number of rotatable bonds is 4. The summed E-state index contributed by atoms with van der Waals surface area (Å²) in [5.41, 5.74) is 5.77. The molecule has 0 aliphatic heterocycles. The van der Waals surface area contributed by atoms with E-state index >= 15 is 0 Å². The van der Waals surface area contributed by atoms with Crippen LogP contribution in [0.4, 0.5) is 4.39 Å². The van der Waals surface area contributed by atoms with Gasteiger partial charge in [-0.15, -0.1) is 0 Å². The van der Waals surface area contributed by atoms with Gasteiger partial charge in [-0.1, -0.05) is 37.8 Å². The summed E-state index contributed by atoms with van der Waals surface area (Å²) in [6.07, 6.45) is 6.88. The average molecular weight is 292 g/mol. The van der Waals surface area contributed by atoms with Crippen LogP contribution in [0.2, 0.25) is 0 Å². The molecule has 0 radical (unpaired) electrons. The van der Waals surface area contributed by atoms with Crippen LogP contribution in [-0.2, 0) is 10.3 Å². The number of benzene rings is 1. The molecule has 1 unspecified atom stereocenters. The molecule has 4 heteroatoms. The summed E-state index contributed by atoms with van der Waals surface area (Å²) in [4.78, 5) is 12.0. The Morgan fingerprint density at radius 2 is 1.90 bits per heavy atom. The van der Waals surface area contributed by atoms with Crippen molar-refractivity contribution in [3.05, 3.63) is 35.1 Å². The van der Waals surface area contributed by atoms with Gasteiger partial charge in [-0.3, -0.25) is 10.1 Å². The van der Waals surface area contributed by atoms with E-state index in [0.717, 1.165) is 25.7 Å². The third kappa shape index (κ3) is 3.62. The maximum absolute atomic E-state index is 13.8. The Morgan fingerprint density at radius 1 is 1.29 bits per heavy atom. The lowest BCUT2D eigenvalue weighted by Gasteiger charge is -2.33. The fourth-order valence-corrected chi connectivity index (χ4v) is 3.03. The third-order valence-corrected chi connectivity index (χ3v) is 4.59. The molecule has 0 aromatic heterocycles. The Bertz CT molecular complexity index is 510. The summed E-state index contributed by atoms with van der Waals surface area (Å²) in [5, 5.41) is 3.39. The number of carbonyl (C=O) groups excluding carboxylic acids is 1. The van der Waals surface area contributed by atoms with E-state index in [1.54, 1.807) is 26.0 Å². The molecule has 1 atom stereocenters. The van der Waals surface area contributed by atoms with Crippen LogP contribution in [0.25, 0.3) is 0 Å². The van der Waals surface area contributed by atoms with Gasteiger partial charge in [0.2, 0.25) is 5.91 Å². The lowest BCUT2D eigenvalue weighted by atomic mass is 9.88. The number of amides is 1. The van der Waals surface area contributed by atoms with Gasteiger partial charge in [0.25, 0.3) is 0 Å². The molecule has 1 amide bonds. The Hall–Kier alpha value is -1.42. The van der Waals surface area contributed by atoms with Crippen molar-refractivity contribution in [2.24, 2.45) is 5.73 Å². The molecule has 0 saturated heterocycles. The predicted octanol–water partition coefficient (Wildman–Crippen LogP) is 3.15. The first-order valence-corrected chi connectivity index (χ1v) is 7.77. The van der Waals surface area contributed by atoms with E-state index < -0.39 is 11.4 Å². The van der Waals surface area contributed by atoms with Crippen molar-refractivity contribution in [3.63, 3.8) is 0 Å². The second-order valence-electron chi connectivity index (χ2n) is 6.29. The van der Waals surface area contributed by atoms with Crippen molar-refractivity contribution in [3.8, 4) is 0 Å². The van der Waals surface area contributed by atoms with E-state index in [1.165, 1.54) is 18.9 Å². The van der Waals surface area contributed by atoms with E-state index in [4.69, 9.17) is 5.73 Å². The van der Waals surface area contributed by atoms with Crippen molar-refractivity contribution in [1.29, 1.82) is 0 Å². The lowest BCUT2D eigenvalue weighted by Crippen LogP contribution is -2.54. The van der Waals surface area contributed by atoms with E-state index in [1.807, 2.05) is 0 Å². The molecule has 3 N–H and O–H groups in total. The minimum absolute atomic E-state index is 0.259. The van der Waals surface area contributed by atoms with Gasteiger partial charge < -0.3 is 5.73 Å². The van der Waals surface area contributed by atoms with Gasteiger partial charge >= 0.3 is 0 Å². The van der Waals surface area contributed by atoms with Crippen LogP contribution in [0, 0.1) is 12.7 Å². The number of hydrogen-bond acceptors (Lipinski definition) is 2. The third-order valence-electron chi connectivity index (χ3n) is 4.59. The van der Waals surface area contributed by atoms with Crippen LogP contribution >= 0.6 is 0 Å². The smallest absolute Gasteiger partial charge is 0.242 e. The molecule has 1 fully saturated rings. The van der Waals surface area contributed by atoms with E-state index in [0.29, 0.717) is 11.1 Å². The van der Waals surface area contributed by atoms with Crippen molar-refractivity contribution in [2.45, 2.75) is 64.0 Å². The Kier molecular flexibility index (Phi) is 4.99. The summed E-state index contributed by atoms with van der Waals surface area (Å²) in [6.45, 7) is 3.46. The van der Waals surface area contributed by atoms with Crippen LogP contribution in [0.15, 0.2) is 18.2 Å². The Labute approximate surface area is 126 Å². The van der Waals surface area contributed by atoms with Gasteiger partial charge in [-0.05, 0) is 43.9 Å². The van der Waals surface area contributed by atoms with Crippen LogP contribution in [0.5, 0.6) is 0 Å². The van der Waals surface area contributed by atoms with Gasteiger partial charge in [0.05, 0.1) is 0 Å². The zero-order valence-corrected chi connectivity index (χ0v) is 12.9. The highest BCUT2D eigenvalue weighted by Crippen LogP contribution is 2.26. The van der Waals surface area contributed by atoms with Gasteiger partial charge in [0.1, 0.15) is 11.4 Å². The minimum atomic E-state index is -1.02. The summed E-state index contributed by atoms with van der Waals surface area (Å²) in [5.74, 6) is -0.766. The van der Waals surface area contributed by atoms with Crippen LogP contribution < -0.4 is 11.1 Å². The topological polar surface area (TPSA) is 55.1 Å². The largest absolute Gasteiger partial charge is 0.368 e. The number of hydrogen-bond donors (Lipinski definition) is 2. The molecule has 1 aliphatic carbocycles. The molecule has 1 saturated carbocycles. The summed E-state index contributed by atoms with van der Waals surface area (Å²) < 4.78 is 13.8.